The highest BCUT2D eigenvalue weighted by Crippen LogP contribution is 2.33. The Morgan fingerprint density at radius 3 is 2.34 bits per heavy atom. The first-order chi connectivity index (χ1) is 18.6. The van der Waals surface area contributed by atoms with Gasteiger partial charge < -0.3 is 5.32 Å². The number of rotatable bonds is 10. The normalized spacial score (nSPS) is 13.5. The van der Waals surface area contributed by atoms with Gasteiger partial charge in [-0.05, 0) is 35.1 Å². The van der Waals surface area contributed by atoms with E-state index >= 15 is 0 Å². The number of allylic oxidation sites excluding steroid dienone is 2. The Morgan fingerprint density at radius 2 is 1.68 bits per heavy atom. The molecule has 4 aromatic rings. The van der Waals surface area contributed by atoms with Crippen molar-refractivity contribution in [2.24, 2.45) is 0 Å². The monoisotopic (exact) mass is 634 g/mol. The minimum absolute atomic E-state index is 0.149. The number of fused-ring (bicyclic) bond motifs is 1. The van der Waals surface area contributed by atoms with Crippen molar-refractivity contribution in [3.8, 4) is 11.3 Å². The van der Waals surface area contributed by atoms with Crippen molar-refractivity contribution in [2.75, 3.05) is 0 Å². The van der Waals surface area contributed by atoms with Crippen LogP contribution in [0.3, 0.4) is 0 Å². The molecule has 2 atom stereocenters. The fraction of sp³-hybridized carbons (Fsp3) is 0.156. The van der Waals surface area contributed by atoms with Crippen LogP contribution in [0.15, 0.2) is 106 Å². The Hall–Kier alpha value is -3.23. The first-order valence-corrected chi connectivity index (χ1v) is 16.6. The molecule has 0 spiro atoms. The molecule has 1 unspecified atom stereocenters. The van der Waals surface area contributed by atoms with Gasteiger partial charge in [-0.3, -0.25) is 9.00 Å². The molecule has 1 aromatic heterocycles. The van der Waals surface area contributed by atoms with E-state index in [1.165, 1.54) is 0 Å². The number of hydrogen-bond acceptors (Lipinski definition) is 3. The highest BCUT2D eigenvalue weighted by Gasteiger charge is 2.25. The number of halogens is 1. The van der Waals surface area contributed by atoms with E-state index in [1.807, 2.05) is 108 Å². The average molecular weight is 635 g/mol. The number of carbonyl (C=O) groups is 1. The number of amides is 1. The third-order valence-corrected chi connectivity index (χ3v) is 8.64. The summed E-state index contributed by atoms with van der Waals surface area (Å²) in [6.07, 6.45) is 4.51. The van der Waals surface area contributed by atoms with Crippen LogP contribution in [0.25, 0.3) is 22.2 Å². The van der Waals surface area contributed by atoms with Crippen LogP contribution in [-0.2, 0) is 16.6 Å². The van der Waals surface area contributed by atoms with Gasteiger partial charge in [-0.2, -0.15) is 0 Å². The first-order valence-electron chi connectivity index (χ1n) is 12.5. The van der Waals surface area contributed by atoms with Crippen LogP contribution in [0.4, 0.5) is 0 Å². The van der Waals surface area contributed by atoms with Crippen molar-refractivity contribution in [3.05, 3.63) is 123 Å². The van der Waals surface area contributed by atoms with Gasteiger partial charge in [0.05, 0.1) is 39.4 Å². The Morgan fingerprint density at radius 1 is 1.03 bits per heavy atom. The summed E-state index contributed by atoms with van der Waals surface area (Å²) in [4.78, 5) is 19.8. The van der Waals surface area contributed by atoms with Crippen LogP contribution in [0.2, 0.25) is 0 Å². The molecule has 0 aliphatic rings. The molecule has 0 saturated heterocycles. The van der Waals surface area contributed by atoms with Gasteiger partial charge in [-0.25, -0.2) is 4.98 Å². The number of benzene rings is 3. The SMILES string of the molecule is C=I/C=C\C(=C/C)S(=O)Cc1c(-c2ccccc2)nc2ccccc2c1C(=O)N[C@@H](CC)c1ccccc1. The quantitative estimate of drug-likeness (QED) is 0.143. The zero-order chi connectivity index (χ0) is 26.9. The molecule has 6 heteroatoms. The summed E-state index contributed by atoms with van der Waals surface area (Å²) in [6, 6.07) is 27.3. The van der Waals surface area contributed by atoms with E-state index in [4.69, 9.17) is 4.98 Å². The van der Waals surface area contributed by atoms with Crippen LogP contribution in [-0.4, -0.2) is 19.6 Å². The molecule has 1 heterocycles. The molecule has 1 N–H and O–H groups in total. The van der Waals surface area contributed by atoms with E-state index in [-0.39, 0.29) is 38.4 Å². The maximum absolute atomic E-state index is 14.1. The van der Waals surface area contributed by atoms with Gasteiger partial charge in [0, 0.05) is 21.4 Å². The second-order valence-corrected chi connectivity index (χ2v) is 11.7. The lowest BCUT2D eigenvalue weighted by Gasteiger charge is -2.21. The third-order valence-electron chi connectivity index (χ3n) is 6.32. The van der Waals surface area contributed by atoms with Crippen molar-refractivity contribution in [3.63, 3.8) is 0 Å². The average Bonchev–Trinajstić information content (AvgIpc) is 2.96. The maximum atomic E-state index is 14.1. The Balaban J connectivity index is 1.91. The number of carbonyl (C=O) groups excluding carboxylic acids is 1. The summed E-state index contributed by atoms with van der Waals surface area (Å²) in [5.41, 5.74) is 4.56. The third kappa shape index (κ3) is 6.42. The van der Waals surface area contributed by atoms with E-state index in [0.29, 0.717) is 16.8 Å². The summed E-state index contributed by atoms with van der Waals surface area (Å²) < 4.78 is 19.6. The summed E-state index contributed by atoms with van der Waals surface area (Å²) >= 11 is -0.320. The molecular weight excluding hydrogens is 603 g/mol. The Kier molecular flexibility index (Phi) is 9.90. The molecule has 1 amide bonds. The smallest absolute Gasteiger partial charge is 0.252 e. The molecule has 0 bridgehead atoms. The topological polar surface area (TPSA) is 59.1 Å². The van der Waals surface area contributed by atoms with Gasteiger partial charge in [0.1, 0.15) is 0 Å². The van der Waals surface area contributed by atoms with Gasteiger partial charge >= 0.3 is 0 Å². The molecule has 4 rings (SSSR count). The van der Waals surface area contributed by atoms with Crippen LogP contribution in [0.1, 0.15) is 47.8 Å². The molecule has 0 aliphatic carbocycles. The molecule has 0 fully saturated rings. The number of nitrogens with zero attached hydrogens (tertiary/aromatic N) is 1. The Labute approximate surface area is 237 Å². The molecule has 0 saturated carbocycles. The fourth-order valence-electron chi connectivity index (χ4n) is 4.45. The number of pyridine rings is 1. The largest absolute Gasteiger partial charge is 0.345 e. The second-order valence-electron chi connectivity index (χ2n) is 8.67. The zero-order valence-corrected chi connectivity index (χ0v) is 24.5. The molecule has 38 heavy (non-hydrogen) atoms. The highest BCUT2D eigenvalue weighted by atomic mass is 127. The molecular formula is C32H31IN2O2S. The second kappa shape index (κ2) is 13.5. The van der Waals surface area contributed by atoms with E-state index in [9.17, 15) is 9.00 Å². The van der Waals surface area contributed by atoms with Gasteiger partial charge in [0.15, 0.2) is 0 Å². The minimum Gasteiger partial charge on any atom is -0.345 e. The van der Waals surface area contributed by atoms with Crippen molar-refractivity contribution in [2.45, 2.75) is 32.1 Å². The lowest BCUT2D eigenvalue weighted by molar-refractivity contribution is 0.0936. The number of aromatic nitrogens is 1. The summed E-state index contributed by atoms with van der Waals surface area (Å²) in [5.74, 6) is -0.0171. The maximum Gasteiger partial charge on any atom is 0.252 e. The summed E-state index contributed by atoms with van der Waals surface area (Å²) in [7, 11) is -1.37. The molecule has 0 aliphatic heterocycles. The van der Waals surface area contributed by atoms with Crippen LogP contribution < -0.4 is 5.32 Å². The van der Waals surface area contributed by atoms with Crippen molar-refractivity contribution >= 4 is 52.9 Å². The minimum atomic E-state index is -1.37. The predicted molar refractivity (Wildman–Crippen MR) is 170 cm³/mol. The van der Waals surface area contributed by atoms with Crippen molar-refractivity contribution in [1.82, 2.24) is 10.3 Å². The lowest BCUT2D eigenvalue weighted by atomic mass is 9.96. The molecule has 3 aromatic carbocycles. The molecule has 4 nitrogen and oxygen atoms in total. The van der Waals surface area contributed by atoms with Crippen LogP contribution >= 0.6 is 20.7 Å². The zero-order valence-electron chi connectivity index (χ0n) is 21.6. The predicted octanol–water partition coefficient (Wildman–Crippen LogP) is 7.85. The summed E-state index contributed by atoms with van der Waals surface area (Å²) in [5, 5.41) is 4.01. The van der Waals surface area contributed by atoms with E-state index in [2.05, 4.69) is 16.8 Å². The molecule has 0 radical (unpaired) electrons. The van der Waals surface area contributed by atoms with Crippen molar-refractivity contribution in [1.29, 1.82) is 0 Å². The van der Waals surface area contributed by atoms with Crippen molar-refractivity contribution < 1.29 is 9.00 Å². The Bertz CT molecular complexity index is 1520. The van der Waals surface area contributed by atoms with Gasteiger partial charge in [-0.15, -0.1) is 20.7 Å². The van der Waals surface area contributed by atoms with E-state index in [1.54, 1.807) is 0 Å². The fourth-order valence-corrected chi connectivity index (χ4v) is 6.53. The van der Waals surface area contributed by atoms with Gasteiger partial charge in [-0.1, -0.05) is 96.4 Å². The lowest BCUT2D eigenvalue weighted by Crippen LogP contribution is -2.29. The number of para-hydroxylation sites is 1. The van der Waals surface area contributed by atoms with Crippen LogP contribution in [0, 0.1) is 0 Å². The summed E-state index contributed by atoms with van der Waals surface area (Å²) in [6.45, 7) is 3.94. The van der Waals surface area contributed by atoms with Gasteiger partial charge in [0.2, 0.25) is 0 Å². The van der Waals surface area contributed by atoms with Gasteiger partial charge in [0.25, 0.3) is 5.91 Å². The standard InChI is InChI=1S/C32H31IN2O2S/c1-4-25(20-21-33-3)38(37)22-27-30(32(36)35-28(5-2)23-14-8-6-9-15-23)26-18-12-13-19-29(26)34-31(27)24-16-10-7-11-17-24/h4,6-21,28H,3,5,22H2,1-2H3,(H,35,36)/b21-20-,25-4+/t28-,38?/m0/s1. The molecule has 194 valence electrons. The number of hydrogen-bond donors (Lipinski definition) is 1. The van der Waals surface area contributed by atoms with E-state index < -0.39 is 10.8 Å². The van der Waals surface area contributed by atoms with E-state index in [0.717, 1.165) is 33.4 Å². The number of nitrogens with one attached hydrogen (secondary N) is 1. The highest BCUT2D eigenvalue weighted by molar-refractivity contribution is 14.2. The first kappa shape index (κ1) is 27.8. The van der Waals surface area contributed by atoms with Crippen LogP contribution in [0.5, 0.6) is 0 Å².